The van der Waals surface area contributed by atoms with Crippen molar-refractivity contribution in [2.75, 3.05) is 19.7 Å². The highest BCUT2D eigenvalue weighted by Crippen LogP contribution is 2.30. The van der Waals surface area contributed by atoms with Gasteiger partial charge in [-0.1, -0.05) is 74.5 Å². The van der Waals surface area contributed by atoms with Gasteiger partial charge in [0.2, 0.25) is 17.7 Å². The van der Waals surface area contributed by atoms with E-state index in [1.807, 2.05) is 74.5 Å². The fourth-order valence-electron chi connectivity index (χ4n) is 4.78. The number of aliphatic hydroxyl groups excluding tert-OH is 1. The Labute approximate surface area is 222 Å². The number of rotatable bonds is 9. The lowest BCUT2D eigenvalue weighted by Crippen LogP contribution is -2.57. The normalized spacial score (nSPS) is 19.0. The van der Waals surface area contributed by atoms with Gasteiger partial charge < -0.3 is 20.1 Å². The highest BCUT2D eigenvalue weighted by atomic mass is 16.5. The van der Waals surface area contributed by atoms with Crippen molar-refractivity contribution in [2.45, 2.75) is 45.4 Å². The Balaban J connectivity index is 1.62. The van der Waals surface area contributed by atoms with E-state index in [2.05, 4.69) is 10.3 Å². The molecule has 0 aromatic heterocycles. The molecule has 2 aliphatic heterocycles. The number of aliphatic hydroxyl groups is 1. The summed E-state index contributed by atoms with van der Waals surface area (Å²) >= 11 is 0. The van der Waals surface area contributed by atoms with Crippen molar-refractivity contribution in [1.82, 2.24) is 15.1 Å². The summed E-state index contributed by atoms with van der Waals surface area (Å²) in [6.45, 7) is 5.72. The van der Waals surface area contributed by atoms with Gasteiger partial charge in [0.1, 0.15) is 25.3 Å². The van der Waals surface area contributed by atoms with E-state index in [4.69, 9.17) is 4.74 Å². The second-order valence-electron chi connectivity index (χ2n) is 9.80. The van der Waals surface area contributed by atoms with Crippen LogP contribution < -0.4 is 5.32 Å². The Morgan fingerprint density at radius 3 is 2.34 bits per heavy atom. The summed E-state index contributed by atoms with van der Waals surface area (Å²) in [6, 6.07) is 17.2. The molecule has 3 amide bonds. The molecule has 2 heterocycles. The number of aliphatic imine (C=N–C) groups is 1. The van der Waals surface area contributed by atoms with E-state index in [9.17, 15) is 19.5 Å². The molecule has 0 radical (unpaired) electrons. The Hall–Kier alpha value is -3.98. The monoisotopic (exact) mass is 518 g/mol. The summed E-state index contributed by atoms with van der Waals surface area (Å²) in [4.78, 5) is 46.7. The Bertz CT molecular complexity index is 1210. The van der Waals surface area contributed by atoms with Crippen molar-refractivity contribution in [2.24, 2.45) is 10.9 Å². The molecule has 38 heavy (non-hydrogen) atoms. The van der Waals surface area contributed by atoms with Gasteiger partial charge in [0.25, 0.3) is 5.91 Å². The molecule has 0 saturated heterocycles. The molecular formula is C29H34N4O5. The van der Waals surface area contributed by atoms with Crippen LogP contribution in [0.5, 0.6) is 0 Å². The number of carbonyl (C=O) groups excluding carboxylic acids is 3. The third-order valence-corrected chi connectivity index (χ3v) is 6.63. The number of amides is 3. The molecule has 0 spiro atoms. The number of benzene rings is 2. The second-order valence-corrected chi connectivity index (χ2v) is 9.80. The van der Waals surface area contributed by atoms with E-state index >= 15 is 0 Å². The van der Waals surface area contributed by atoms with Crippen molar-refractivity contribution in [3.05, 3.63) is 78.0 Å². The standard InChI is InChI=1S/C29H34N4O5/c1-19(2)26-29(37)33(24(17-32(26)20(3)34)22-12-8-5-9-13-22)18-25(35)31-23(16-21-10-6-4-7-11-21)27(36)28-30-14-15-38-28/h4-13,17,19,23,26-27,36H,14-16,18H2,1-3H3,(H,31,35)/t23-,26?,27?/m0/s1. The summed E-state index contributed by atoms with van der Waals surface area (Å²) in [7, 11) is 0. The van der Waals surface area contributed by atoms with Crippen LogP contribution in [0.15, 0.2) is 71.9 Å². The fourth-order valence-corrected chi connectivity index (χ4v) is 4.78. The number of carbonyl (C=O) groups is 3. The number of ether oxygens (including phenoxy) is 1. The molecular weight excluding hydrogens is 484 g/mol. The summed E-state index contributed by atoms with van der Waals surface area (Å²) in [5.74, 6) is -1.01. The lowest BCUT2D eigenvalue weighted by atomic mass is 9.97. The number of nitrogens with zero attached hydrogens (tertiary/aromatic N) is 3. The van der Waals surface area contributed by atoms with Gasteiger partial charge in [0.05, 0.1) is 18.3 Å². The van der Waals surface area contributed by atoms with E-state index in [1.165, 1.54) is 16.7 Å². The molecule has 0 fully saturated rings. The highest BCUT2D eigenvalue weighted by molar-refractivity contribution is 5.99. The molecule has 2 unspecified atom stereocenters. The molecule has 9 heteroatoms. The first-order chi connectivity index (χ1) is 18.3. The van der Waals surface area contributed by atoms with Crippen LogP contribution in [0.4, 0.5) is 0 Å². The topological polar surface area (TPSA) is 112 Å². The van der Waals surface area contributed by atoms with Crippen LogP contribution in [0.1, 0.15) is 31.9 Å². The van der Waals surface area contributed by atoms with Crippen molar-refractivity contribution < 1.29 is 24.2 Å². The Kier molecular flexibility index (Phi) is 8.58. The molecule has 2 N–H and O–H groups in total. The molecule has 200 valence electrons. The zero-order chi connectivity index (χ0) is 27.2. The van der Waals surface area contributed by atoms with E-state index in [-0.39, 0.29) is 30.2 Å². The van der Waals surface area contributed by atoms with Crippen molar-refractivity contribution in [3.8, 4) is 0 Å². The molecule has 0 bridgehead atoms. The predicted molar refractivity (Wildman–Crippen MR) is 144 cm³/mol. The van der Waals surface area contributed by atoms with Gasteiger partial charge in [-0.05, 0) is 23.5 Å². The Morgan fingerprint density at radius 2 is 1.76 bits per heavy atom. The van der Waals surface area contributed by atoms with Crippen LogP contribution in [-0.2, 0) is 25.5 Å². The van der Waals surface area contributed by atoms with E-state index in [0.717, 1.165) is 5.56 Å². The molecule has 2 aromatic carbocycles. The minimum absolute atomic E-state index is 0.171. The zero-order valence-electron chi connectivity index (χ0n) is 21.9. The summed E-state index contributed by atoms with van der Waals surface area (Å²) in [5.41, 5.74) is 2.09. The van der Waals surface area contributed by atoms with Crippen LogP contribution in [0.3, 0.4) is 0 Å². The molecule has 2 aliphatic rings. The summed E-state index contributed by atoms with van der Waals surface area (Å²) < 4.78 is 5.47. The summed E-state index contributed by atoms with van der Waals surface area (Å²) in [6.07, 6.45) is 0.853. The smallest absolute Gasteiger partial charge is 0.250 e. The molecule has 9 nitrogen and oxygen atoms in total. The van der Waals surface area contributed by atoms with E-state index < -0.39 is 24.1 Å². The highest BCUT2D eigenvalue weighted by Gasteiger charge is 2.40. The molecule has 0 aliphatic carbocycles. The Morgan fingerprint density at radius 1 is 1.11 bits per heavy atom. The van der Waals surface area contributed by atoms with Crippen molar-refractivity contribution in [1.29, 1.82) is 0 Å². The number of hydrogen-bond donors (Lipinski definition) is 2. The van der Waals surface area contributed by atoms with E-state index in [0.29, 0.717) is 30.8 Å². The third-order valence-electron chi connectivity index (χ3n) is 6.63. The fraction of sp³-hybridized carbons (Fsp3) is 0.379. The van der Waals surface area contributed by atoms with Gasteiger partial charge in [-0.3, -0.25) is 19.3 Å². The lowest BCUT2D eigenvalue weighted by molar-refractivity contribution is -0.144. The first-order valence-corrected chi connectivity index (χ1v) is 12.8. The van der Waals surface area contributed by atoms with Crippen LogP contribution in [0.2, 0.25) is 0 Å². The van der Waals surface area contributed by atoms with Gasteiger partial charge in [-0.25, -0.2) is 4.99 Å². The van der Waals surface area contributed by atoms with Crippen LogP contribution in [0, 0.1) is 5.92 Å². The van der Waals surface area contributed by atoms with Crippen LogP contribution >= 0.6 is 0 Å². The molecule has 0 saturated carbocycles. The minimum Gasteiger partial charge on any atom is -0.477 e. The van der Waals surface area contributed by atoms with Gasteiger partial charge >= 0.3 is 0 Å². The number of nitrogens with one attached hydrogen (secondary N) is 1. The zero-order valence-corrected chi connectivity index (χ0v) is 21.9. The van der Waals surface area contributed by atoms with Gasteiger partial charge in [0, 0.05) is 13.1 Å². The summed E-state index contributed by atoms with van der Waals surface area (Å²) in [5, 5.41) is 13.9. The molecule has 3 atom stereocenters. The van der Waals surface area contributed by atoms with E-state index in [1.54, 1.807) is 6.20 Å². The van der Waals surface area contributed by atoms with Gasteiger partial charge in [-0.2, -0.15) is 0 Å². The molecule has 4 rings (SSSR count). The maximum atomic E-state index is 13.7. The van der Waals surface area contributed by atoms with Crippen LogP contribution in [0.25, 0.3) is 5.70 Å². The van der Waals surface area contributed by atoms with Crippen molar-refractivity contribution >= 4 is 29.3 Å². The van der Waals surface area contributed by atoms with Gasteiger partial charge in [0.15, 0.2) is 0 Å². The average molecular weight is 519 g/mol. The minimum atomic E-state index is -1.14. The first-order valence-electron chi connectivity index (χ1n) is 12.8. The second kappa shape index (κ2) is 12.0. The lowest BCUT2D eigenvalue weighted by Gasteiger charge is -2.40. The van der Waals surface area contributed by atoms with Crippen molar-refractivity contribution in [3.63, 3.8) is 0 Å². The predicted octanol–water partition coefficient (Wildman–Crippen LogP) is 2.22. The quantitative estimate of drug-likeness (QED) is 0.529. The van der Waals surface area contributed by atoms with Gasteiger partial charge in [-0.15, -0.1) is 0 Å². The first kappa shape index (κ1) is 27.1. The third kappa shape index (κ3) is 6.11. The SMILES string of the molecule is CC(=O)N1C=C(c2ccccc2)N(CC(=O)N[C@@H](Cc2ccccc2)C(O)C2=NCCO2)C(=O)C1C(C)C. The maximum absolute atomic E-state index is 13.7. The van der Waals surface area contributed by atoms with Crippen LogP contribution in [-0.4, -0.2) is 76.4 Å². The average Bonchev–Trinajstić information content (AvgIpc) is 3.44. The molecule has 2 aromatic rings. The number of hydrogen-bond acceptors (Lipinski definition) is 6. The largest absolute Gasteiger partial charge is 0.477 e. The maximum Gasteiger partial charge on any atom is 0.250 e.